The molecule has 1 saturated heterocycles. The van der Waals surface area contributed by atoms with Crippen LogP contribution in [-0.4, -0.2) is 32.0 Å². The van der Waals surface area contributed by atoms with Gasteiger partial charge in [0.1, 0.15) is 7.11 Å². The number of hydrogen-bond donors (Lipinski definition) is 2. The van der Waals surface area contributed by atoms with Crippen molar-refractivity contribution >= 4 is 5.71 Å². The third-order valence-corrected chi connectivity index (χ3v) is 1.31. The normalized spacial score (nSPS) is 31.3. The maximum atomic E-state index is 5.59. The summed E-state index contributed by atoms with van der Waals surface area (Å²) in [5.41, 5.74) is 6.49. The van der Waals surface area contributed by atoms with Crippen molar-refractivity contribution in [3.05, 3.63) is 0 Å². The van der Waals surface area contributed by atoms with Crippen LogP contribution in [0.3, 0.4) is 0 Å². The summed E-state index contributed by atoms with van der Waals surface area (Å²) in [6.07, 6.45) is 0. The van der Waals surface area contributed by atoms with Crippen LogP contribution in [0, 0.1) is 0 Å². The first-order valence-corrected chi connectivity index (χ1v) is 2.91. The van der Waals surface area contributed by atoms with Gasteiger partial charge in [0.2, 0.25) is 0 Å². The molecular weight excluding hydrogens is 118 g/mol. The molecule has 0 spiro atoms. The van der Waals surface area contributed by atoms with E-state index >= 15 is 0 Å². The Morgan fingerprint density at radius 1 is 1.89 bits per heavy atom. The third kappa shape index (κ3) is 1.40. The van der Waals surface area contributed by atoms with Gasteiger partial charge in [-0.3, -0.25) is 0 Å². The number of rotatable bonds is 1. The van der Waals surface area contributed by atoms with E-state index in [0.717, 1.165) is 18.8 Å². The second kappa shape index (κ2) is 2.80. The minimum absolute atomic E-state index is 0.0462. The summed E-state index contributed by atoms with van der Waals surface area (Å²) >= 11 is 0. The van der Waals surface area contributed by atoms with Crippen LogP contribution < -0.4 is 11.1 Å². The van der Waals surface area contributed by atoms with Gasteiger partial charge in [0.15, 0.2) is 0 Å². The molecule has 1 aliphatic rings. The number of hydrogen-bond acceptors (Lipinski definition) is 4. The minimum atomic E-state index is 0.0462. The molecule has 0 bridgehead atoms. The van der Waals surface area contributed by atoms with Crippen molar-refractivity contribution < 1.29 is 4.84 Å². The van der Waals surface area contributed by atoms with Gasteiger partial charge in [-0.2, -0.15) is 0 Å². The van der Waals surface area contributed by atoms with Gasteiger partial charge >= 0.3 is 0 Å². The SMILES string of the molecule is CON=C1CNCC1N. The molecule has 4 nitrogen and oxygen atoms in total. The zero-order chi connectivity index (χ0) is 6.69. The van der Waals surface area contributed by atoms with Crippen LogP contribution in [-0.2, 0) is 4.84 Å². The molecule has 9 heavy (non-hydrogen) atoms. The molecule has 0 aromatic heterocycles. The Labute approximate surface area is 54.0 Å². The van der Waals surface area contributed by atoms with Gasteiger partial charge in [0.25, 0.3) is 0 Å². The molecule has 52 valence electrons. The summed E-state index contributed by atoms with van der Waals surface area (Å²) in [6.45, 7) is 1.57. The first-order chi connectivity index (χ1) is 4.34. The Hall–Kier alpha value is -0.610. The van der Waals surface area contributed by atoms with Crippen molar-refractivity contribution in [2.24, 2.45) is 10.9 Å². The molecule has 0 radical (unpaired) electrons. The predicted molar refractivity (Wildman–Crippen MR) is 35.3 cm³/mol. The van der Waals surface area contributed by atoms with Gasteiger partial charge in [-0.1, -0.05) is 5.16 Å². The zero-order valence-electron chi connectivity index (χ0n) is 5.42. The summed E-state index contributed by atoms with van der Waals surface area (Å²) in [6, 6.07) is 0.0462. The van der Waals surface area contributed by atoms with Crippen molar-refractivity contribution in [1.29, 1.82) is 0 Å². The van der Waals surface area contributed by atoms with Crippen LogP contribution in [0.15, 0.2) is 5.16 Å². The van der Waals surface area contributed by atoms with Gasteiger partial charge in [-0.15, -0.1) is 0 Å². The smallest absolute Gasteiger partial charge is 0.106 e. The number of nitrogens with zero attached hydrogens (tertiary/aromatic N) is 1. The van der Waals surface area contributed by atoms with Gasteiger partial charge in [0.05, 0.1) is 11.8 Å². The molecule has 0 amide bonds. The minimum Gasteiger partial charge on any atom is -0.399 e. The van der Waals surface area contributed by atoms with E-state index in [0.29, 0.717) is 0 Å². The van der Waals surface area contributed by atoms with E-state index in [-0.39, 0.29) is 6.04 Å². The largest absolute Gasteiger partial charge is 0.399 e. The predicted octanol–water partition coefficient (Wildman–Crippen LogP) is -1.08. The average molecular weight is 129 g/mol. The quantitative estimate of drug-likeness (QED) is 0.443. The van der Waals surface area contributed by atoms with Crippen LogP contribution in [0.4, 0.5) is 0 Å². The van der Waals surface area contributed by atoms with E-state index in [9.17, 15) is 0 Å². The van der Waals surface area contributed by atoms with Crippen molar-refractivity contribution in [3.8, 4) is 0 Å². The molecule has 0 aromatic rings. The Morgan fingerprint density at radius 2 is 2.67 bits per heavy atom. The van der Waals surface area contributed by atoms with Gasteiger partial charge in [-0.05, 0) is 0 Å². The lowest BCUT2D eigenvalue weighted by atomic mass is 10.2. The lowest BCUT2D eigenvalue weighted by molar-refractivity contribution is 0.212. The summed E-state index contributed by atoms with van der Waals surface area (Å²) in [4.78, 5) is 4.56. The molecule has 1 aliphatic heterocycles. The first kappa shape index (κ1) is 6.51. The highest BCUT2D eigenvalue weighted by Gasteiger charge is 2.17. The molecule has 3 N–H and O–H groups in total. The molecule has 0 aromatic carbocycles. The Bertz CT molecular complexity index is 123. The van der Waals surface area contributed by atoms with Crippen molar-refractivity contribution in [1.82, 2.24) is 5.32 Å². The summed E-state index contributed by atoms with van der Waals surface area (Å²) in [5, 5.41) is 6.80. The fraction of sp³-hybridized carbons (Fsp3) is 0.800. The molecular formula is C5H11N3O. The molecule has 1 rings (SSSR count). The molecule has 4 heteroatoms. The van der Waals surface area contributed by atoms with Crippen molar-refractivity contribution in [2.45, 2.75) is 6.04 Å². The topological polar surface area (TPSA) is 59.6 Å². The van der Waals surface area contributed by atoms with Crippen molar-refractivity contribution in [3.63, 3.8) is 0 Å². The van der Waals surface area contributed by atoms with E-state index in [1.54, 1.807) is 0 Å². The zero-order valence-corrected chi connectivity index (χ0v) is 5.42. The number of nitrogens with two attached hydrogens (primary N) is 1. The highest BCUT2D eigenvalue weighted by Crippen LogP contribution is 1.91. The highest BCUT2D eigenvalue weighted by molar-refractivity contribution is 5.92. The van der Waals surface area contributed by atoms with Crippen LogP contribution in [0.25, 0.3) is 0 Å². The van der Waals surface area contributed by atoms with Crippen LogP contribution in [0.1, 0.15) is 0 Å². The van der Waals surface area contributed by atoms with Gasteiger partial charge in [-0.25, -0.2) is 0 Å². The molecule has 1 heterocycles. The summed E-state index contributed by atoms with van der Waals surface area (Å²) in [7, 11) is 1.53. The van der Waals surface area contributed by atoms with E-state index < -0.39 is 0 Å². The Kier molecular flexibility index (Phi) is 2.02. The standard InChI is InChI=1S/C5H11N3O/c1-9-8-5-3-7-2-4(5)6/h4,7H,2-3,6H2,1H3. The summed E-state index contributed by atoms with van der Waals surface area (Å²) < 4.78 is 0. The monoisotopic (exact) mass is 129 g/mol. The van der Waals surface area contributed by atoms with Gasteiger partial charge < -0.3 is 15.9 Å². The lowest BCUT2D eigenvalue weighted by Gasteiger charge is -1.98. The molecule has 1 atom stereocenters. The van der Waals surface area contributed by atoms with E-state index in [4.69, 9.17) is 5.73 Å². The molecule has 0 saturated carbocycles. The first-order valence-electron chi connectivity index (χ1n) is 2.91. The van der Waals surface area contributed by atoms with Crippen LogP contribution in [0.5, 0.6) is 0 Å². The lowest BCUT2D eigenvalue weighted by Crippen LogP contribution is -2.29. The fourth-order valence-electron chi connectivity index (χ4n) is 0.822. The maximum Gasteiger partial charge on any atom is 0.106 e. The second-order valence-corrected chi connectivity index (χ2v) is 2.00. The average Bonchev–Trinajstić information content (AvgIpc) is 2.18. The molecule has 0 aliphatic carbocycles. The third-order valence-electron chi connectivity index (χ3n) is 1.31. The second-order valence-electron chi connectivity index (χ2n) is 2.00. The van der Waals surface area contributed by atoms with Crippen molar-refractivity contribution in [2.75, 3.05) is 20.2 Å². The van der Waals surface area contributed by atoms with Crippen LogP contribution in [0.2, 0.25) is 0 Å². The fourth-order valence-corrected chi connectivity index (χ4v) is 0.822. The Balaban J connectivity index is 2.48. The van der Waals surface area contributed by atoms with E-state index in [2.05, 4.69) is 15.3 Å². The summed E-state index contributed by atoms with van der Waals surface area (Å²) in [5.74, 6) is 0. The Morgan fingerprint density at radius 3 is 3.11 bits per heavy atom. The maximum absolute atomic E-state index is 5.59. The van der Waals surface area contributed by atoms with E-state index in [1.807, 2.05) is 0 Å². The molecule has 1 unspecified atom stereocenters. The highest BCUT2D eigenvalue weighted by atomic mass is 16.6. The molecule has 1 fully saturated rings. The van der Waals surface area contributed by atoms with E-state index in [1.165, 1.54) is 7.11 Å². The number of nitrogens with one attached hydrogen (secondary N) is 1. The van der Waals surface area contributed by atoms with Gasteiger partial charge in [0, 0.05) is 13.1 Å². The number of oxime groups is 1. The van der Waals surface area contributed by atoms with Crippen LogP contribution >= 0.6 is 0 Å².